The molecule has 13 heavy (non-hydrogen) atoms. The molecule has 0 aliphatic rings. The summed E-state index contributed by atoms with van der Waals surface area (Å²) in [6.07, 6.45) is 3.07. The highest BCUT2D eigenvalue weighted by Crippen LogP contribution is 2.06. The number of ether oxygens (including phenoxy) is 1. The van der Waals surface area contributed by atoms with Crippen molar-refractivity contribution in [1.29, 1.82) is 0 Å². The first-order chi connectivity index (χ1) is 6.04. The number of esters is 1. The molecule has 0 saturated heterocycles. The van der Waals surface area contributed by atoms with E-state index in [1.54, 1.807) is 6.92 Å². The molecule has 0 aromatic rings. The first-order valence-corrected chi connectivity index (χ1v) is 4.69. The third-order valence-corrected chi connectivity index (χ3v) is 1.67. The van der Waals surface area contributed by atoms with Crippen LogP contribution >= 0.6 is 0 Å². The normalized spacial score (nSPS) is 10.2. The predicted molar refractivity (Wildman–Crippen MR) is 54.1 cm³/mol. The largest absolute Gasteiger partial charge is 0.462 e. The van der Waals surface area contributed by atoms with Gasteiger partial charge in [-0.2, -0.15) is 0 Å². The molecule has 0 bridgehead atoms. The third-order valence-electron chi connectivity index (χ3n) is 1.67. The highest BCUT2D eigenvalue weighted by atomic mass is 16.5. The summed E-state index contributed by atoms with van der Waals surface area (Å²) in [5.74, 6) is 0.194. The van der Waals surface area contributed by atoms with Crippen LogP contribution in [-0.2, 0) is 9.53 Å². The van der Waals surface area contributed by atoms with Crippen molar-refractivity contribution in [2.45, 2.75) is 33.1 Å². The van der Waals surface area contributed by atoms with Crippen molar-refractivity contribution < 1.29 is 9.53 Å². The number of hydrogen-bond donors (Lipinski definition) is 0. The highest BCUT2D eigenvalue weighted by molar-refractivity contribution is 5.86. The smallest absolute Gasteiger partial charge is 0.333 e. The summed E-state index contributed by atoms with van der Waals surface area (Å²) >= 11 is 0. The molecule has 0 heterocycles. The van der Waals surface area contributed by atoms with Crippen LogP contribution in [0, 0.1) is 12.8 Å². The minimum absolute atomic E-state index is 0.289. The van der Waals surface area contributed by atoms with Gasteiger partial charge in [0, 0.05) is 5.57 Å². The molecule has 0 saturated carbocycles. The first kappa shape index (κ1) is 12.2. The molecule has 0 aliphatic carbocycles. The average molecular weight is 183 g/mol. The van der Waals surface area contributed by atoms with E-state index in [1.807, 2.05) is 0 Å². The maximum atomic E-state index is 10.9. The lowest BCUT2D eigenvalue weighted by Gasteiger charge is -2.05. The van der Waals surface area contributed by atoms with Gasteiger partial charge < -0.3 is 4.74 Å². The van der Waals surface area contributed by atoms with Crippen molar-refractivity contribution in [3.05, 3.63) is 19.1 Å². The lowest BCUT2D eigenvalue weighted by Crippen LogP contribution is -2.06. The lowest BCUT2D eigenvalue weighted by atomic mass is 10.1. The molecular weight excluding hydrogens is 164 g/mol. The van der Waals surface area contributed by atoms with E-state index in [-0.39, 0.29) is 5.97 Å². The number of unbranched alkanes of at least 4 members (excludes halogenated alkanes) is 1. The fourth-order valence-corrected chi connectivity index (χ4v) is 0.883. The molecule has 1 atom stereocenters. The molecule has 75 valence electrons. The van der Waals surface area contributed by atoms with Gasteiger partial charge in [0.25, 0.3) is 0 Å². The first-order valence-electron chi connectivity index (χ1n) is 4.69. The Morgan fingerprint density at radius 1 is 1.46 bits per heavy atom. The van der Waals surface area contributed by atoms with Crippen LogP contribution < -0.4 is 0 Å². The summed E-state index contributed by atoms with van der Waals surface area (Å²) in [6, 6.07) is 0. The summed E-state index contributed by atoms with van der Waals surface area (Å²) in [4.78, 5) is 10.9. The van der Waals surface area contributed by atoms with Crippen LogP contribution in [0.4, 0.5) is 0 Å². The minimum Gasteiger partial charge on any atom is -0.462 e. The van der Waals surface area contributed by atoms with Crippen LogP contribution in [0.5, 0.6) is 0 Å². The van der Waals surface area contributed by atoms with E-state index >= 15 is 0 Å². The second kappa shape index (κ2) is 6.70. The molecule has 1 unspecified atom stereocenters. The van der Waals surface area contributed by atoms with Gasteiger partial charge in [0.2, 0.25) is 0 Å². The van der Waals surface area contributed by atoms with E-state index in [9.17, 15) is 4.79 Å². The van der Waals surface area contributed by atoms with E-state index in [0.717, 1.165) is 19.3 Å². The molecule has 0 N–H and O–H groups in total. The summed E-state index contributed by atoms with van der Waals surface area (Å²) < 4.78 is 4.93. The molecule has 1 radical (unpaired) electrons. The van der Waals surface area contributed by atoms with Crippen LogP contribution in [0.25, 0.3) is 0 Å². The van der Waals surface area contributed by atoms with Gasteiger partial charge in [0.05, 0.1) is 6.61 Å². The highest BCUT2D eigenvalue weighted by Gasteiger charge is 2.01. The fraction of sp³-hybridized carbons (Fsp3) is 0.636. The third kappa shape index (κ3) is 7.57. The summed E-state index contributed by atoms with van der Waals surface area (Å²) in [5.41, 5.74) is 0.463. The standard InChI is InChI=1S/C11H19O2/c1-9(2)7-5-6-8-13-11(12)10(3)4/h9H,1,3,5-8H2,2,4H3. The zero-order chi connectivity index (χ0) is 10.3. The van der Waals surface area contributed by atoms with E-state index in [2.05, 4.69) is 20.4 Å². The fourth-order valence-electron chi connectivity index (χ4n) is 0.883. The Labute approximate surface area is 81.0 Å². The molecule has 2 nitrogen and oxygen atoms in total. The number of carbonyl (C=O) groups excluding carboxylic acids is 1. The average Bonchev–Trinajstić information content (AvgIpc) is 2.02. The summed E-state index contributed by atoms with van der Waals surface area (Å²) in [5, 5.41) is 0. The van der Waals surface area contributed by atoms with Gasteiger partial charge in [-0.1, -0.05) is 26.8 Å². The van der Waals surface area contributed by atoms with Gasteiger partial charge in [0.15, 0.2) is 0 Å². The van der Waals surface area contributed by atoms with Crippen LogP contribution in [0.2, 0.25) is 0 Å². The van der Waals surface area contributed by atoms with Crippen molar-refractivity contribution in [1.82, 2.24) is 0 Å². The minimum atomic E-state index is -0.289. The van der Waals surface area contributed by atoms with Gasteiger partial charge >= 0.3 is 5.97 Å². The van der Waals surface area contributed by atoms with Crippen LogP contribution in [-0.4, -0.2) is 12.6 Å². The molecule has 0 amide bonds. The molecule has 0 aliphatic heterocycles. The zero-order valence-corrected chi connectivity index (χ0v) is 8.64. The summed E-state index contributed by atoms with van der Waals surface area (Å²) in [6.45, 7) is 11.6. The van der Waals surface area contributed by atoms with Crippen molar-refractivity contribution in [2.75, 3.05) is 6.61 Å². The van der Waals surface area contributed by atoms with Crippen LogP contribution in [0.1, 0.15) is 33.1 Å². The Morgan fingerprint density at radius 3 is 2.54 bits per heavy atom. The molecule has 0 aromatic carbocycles. The van der Waals surface area contributed by atoms with Crippen molar-refractivity contribution in [3.63, 3.8) is 0 Å². The molecule has 0 aromatic heterocycles. The maximum absolute atomic E-state index is 10.9. The Hall–Kier alpha value is -0.790. The van der Waals surface area contributed by atoms with Crippen molar-refractivity contribution in [2.24, 2.45) is 5.92 Å². The van der Waals surface area contributed by atoms with Crippen LogP contribution in [0.15, 0.2) is 12.2 Å². The van der Waals surface area contributed by atoms with Gasteiger partial charge in [0.1, 0.15) is 0 Å². The summed E-state index contributed by atoms with van der Waals surface area (Å²) in [7, 11) is 0. The number of hydrogen-bond acceptors (Lipinski definition) is 2. The molecule has 0 fully saturated rings. The van der Waals surface area contributed by atoms with Gasteiger partial charge in [-0.05, 0) is 25.7 Å². The Morgan fingerprint density at radius 2 is 2.08 bits per heavy atom. The monoisotopic (exact) mass is 183 g/mol. The quantitative estimate of drug-likeness (QED) is 0.359. The SMILES string of the molecule is [CH2]C(C)CCCCOC(=O)C(=C)C. The Balaban J connectivity index is 3.26. The van der Waals surface area contributed by atoms with Gasteiger partial charge in [-0.15, -0.1) is 0 Å². The zero-order valence-electron chi connectivity index (χ0n) is 8.64. The molecule has 2 heteroatoms. The van der Waals surface area contributed by atoms with E-state index < -0.39 is 0 Å². The predicted octanol–water partition coefficient (Wildman–Crippen LogP) is 2.75. The maximum Gasteiger partial charge on any atom is 0.333 e. The Kier molecular flexibility index (Phi) is 6.29. The molecule has 0 spiro atoms. The van der Waals surface area contributed by atoms with Crippen LogP contribution in [0.3, 0.4) is 0 Å². The number of carbonyl (C=O) groups is 1. The molecule has 0 rings (SSSR count). The lowest BCUT2D eigenvalue weighted by molar-refractivity contribution is -0.139. The van der Waals surface area contributed by atoms with Crippen molar-refractivity contribution in [3.8, 4) is 0 Å². The second-order valence-corrected chi connectivity index (χ2v) is 3.52. The van der Waals surface area contributed by atoms with Crippen molar-refractivity contribution >= 4 is 5.97 Å². The molecular formula is C11H19O2. The van der Waals surface area contributed by atoms with E-state index in [4.69, 9.17) is 4.74 Å². The Bertz CT molecular complexity index is 171. The topological polar surface area (TPSA) is 26.3 Å². The van der Waals surface area contributed by atoms with E-state index in [1.165, 1.54) is 0 Å². The number of rotatable bonds is 6. The van der Waals surface area contributed by atoms with E-state index in [0.29, 0.717) is 18.1 Å². The van der Waals surface area contributed by atoms with Gasteiger partial charge in [-0.25, -0.2) is 4.79 Å². The van der Waals surface area contributed by atoms with Gasteiger partial charge in [-0.3, -0.25) is 0 Å². The second-order valence-electron chi connectivity index (χ2n) is 3.52.